The van der Waals surface area contributed by atoms with Crippen LogP contribution in [0.1, 0.15) is 24.3 Å². The lowest BCUT2D eigenvalue weighted by molar-refractivity contribution is -0.146. The molecule has 1 heterocycles. The summed E-state index contributed by atoms with van der Waals surface area (Å²) in [5.41, 5.74) is 8.90. The summed E-state index contributed by atoms with van der Waals surface area (Å²) in [5.74, 6) is -1.47. The first kappa shape index (κ1) is 16.7. The van der Waals surface area contributed by atoms with Crippen molar-refractivity contribution in [2.45, 2.75) is 20.4 Å². The van der Waals surface area contributed by atoms with Crippen LogP contribution in [0.5, 0.6) is 0 Å². The minimum Gasteiger partial charge on any atom is -0.462 e. The normalized spacial score (nSPS) is 9.43. The van der Waals surface area contributed by atoms with Gasteiger partial charge in [0, 0.05) is 9.79 Å². The van der Waals surface area contributed by atoms with E-state index in [1.165, 1.54) is 17.4 Å². The second kappa shape index (κ2) is 8.78. The van der Waals surface area contributed by atoms with Crippen LogP contribution < -0.4 is 0 Å². The number of hydrogen-bond acceptors (Lipinski definition) is 6. The quantitative estimate of drug-likeness (QED) is 0.147. The molecule has 0 aromatic carbocycles. The number of rotatable bonds is 7. The molecule has 0 aliphatic heterocycles. The molecule has 0 saturated heterocycles. The van der Waals surface area contributed by atoms with Crippen molar-refractivity contribution in [2.24, 2.45) is 5.11 Å². The smallest absolute Gasteiger partial charge is 0.345 e. The fraction of sp³-hybridized carbons (Fsp3) is 0.385. The Hall–Kier alpha value is -2.31. The van der Waals surface area contributed by atoms with Gasteiger partial charge in [0.2, 0.25) is 0 Å². The van der Waals surface area contributed by atoms with E-state index in [2.05, 4.69) is 10.0 Å². The Morgan fingerprint density at radius 1 is 1.33 bits per heavy atom. The number of esters is 2. The van der Waals surface area contributed by atoms with Crippen LogP contribution in [-0.2, 0) is 25.6 Å². The molecule has 0 radical (unpaired) electrons. The summed E-state index contributed by atoms with van der Waals surface area (Å²) in [6, 6.07) is 1.76. The Bertz CT molecular complexity index is 568. The molecule has 1 aromatic rings. The Morgan fingerprint density at radius 2 is 1.95 bits per heavy atom. The first-order valence-corrected chi connectivity index (χ1v) is 7.15. The fourth-order valence-corrected chi connectivity index (χ4v) is 2.31. The zero-order valence-electron chi connectivity index (χ0n) is 11.7. The molecule has 8 heteroatoms. The van der Waals surface area contributed by atoms with E-state index in [0.29, 0.717) is 4.88 Å². The number of hydrogen-bond donors (Lipinski definition) is 0. The Kier molecular flexibility index (Phi) is 7.00. The lowest BCUT2D eigenvalue weighted by Gasteiger charge is -2.06. The molecule has 7 nitrogen and oxygen atoms in total. The first-order valence-electron chi connectivity index (χ1n) is 6.27. The summed E-state index contributed by atoms with van der Waals surface area (Å²) in [7, 11) is 0. The van der Waals surface area contributed by atoms with Gasteiger partial charge in [-0.05, 0) is 42.5 Å². The van der Waals surface area contributed by atoms with Crippen molar-refractivity contribution in [2.75, 3.05) is 13.2 Å². The van der Waals surface area contributed by atoms with Gasteiger partial charge in [-0.3, -0.25) is 0 Å². The summed E-state index contributed by atoms with van der Waals surface area (Å²) < 4.78 is 9.71. The maximum atomic E-state index is 11.8. The largest absolute Gasteiger partial charge is 0.462 e. The average Bonchev–Trinajstić information content (AvgIpc) is 2.90. The molecule has 0 spiro atoms. The van der Waals surface area contributed by atoms with E-state index in [1.807, 2.05) is 0 Å². The highest BCUT2D eigenvalue weighted by Crippen LogP contribution is 2.22. The molecule has 0 aliphatic rings. The van der Waals surface area contributed by atoms with Gasteiger partial charge in [0.25, 0.3) is 0 Å². The van der Waals surface area contributed by atoms with E-state index in [-0.39, 0.29) is 25.3 Å². The van der Waals surface area contributed by atoms with Crippen LogP contribution in [0.2, 0.25) is 0 Å². The highest BCUT2D eigenvalue weighted by Gasteiger charge is 2.21. The highest BCUT2D eigenvalue weighted by molar-refractivity contribution is 7.11. The van der Waals surface area contributed by atoms with Gasteiger partial charge >= 0.3 is 11.9 Å². The molecule has 1 aromatic heterocycles. The van der Waals surface area contributed by atoms with Crippen LogP contribution in [0, 0.1) is 0 Å². The van der Waals surface area contributed by atoms with Crippen molar-refractivity contribution < 1.29 is 19.1 Å². The van der Waals surface area contributed by atoms with Gasteiger partial charge in [0.1, 0.15) is 5.57 Å². The van der Waals surface area contributed by atoms with Crippen molar-refractivity contribution in [3.05, 3.63) is 37.9 Å². The molecule has 0 bridgehead atoms. The number of carbonyl (C=O) groups is 2. The van der Waals surface area contributed by atoms with Crippen molar-refractivity contribution in [3.63, 3.8) is 0 Å². The van der Waals surface area contributed by atoms with Crippen molar-refractivity contribution >= 4 is 29.4 Å². The van der Waals surface area contributed by atoms with Crippen molar-refractivity contribution in [1.82, 2.24) is 0 Å². The monoisotopic (exact) mass is 309 g/mol. The number of carbonyl (C=O) groups excluding carboxylic acids is 2. The molecule has 0 saturated carbocycles. The second-order valence-electron chi connectivity index (χ2n) is 3.70. The van der Waals surface area contributed by atoms with E-state index >= 15 is 0 Å². The van der Waals surface area contributed by atoms with E-state index in [9.17, 15) is 9.59 Å². The van der Waals surface area contributed by atoms with E-state index in [1.54, 1.807) is 25.3 Å². The summed E-state index contributed by atoms with van der Waals surface area (Å²) in [6.45, 7) is 3.76. The van der Waals surface area contributed by atoms with E-state index in [4.69, 9.17) is 15.0 Å². The molecular weight excluding hydrogens is 294 g/mol. The van der Waals surface area contributed by atoms with Crippen LogP contribution in [0.4, 0.5) is 0 Å². The third kappa shape index (κ3) is 4.94. The van der Waals surface area contributed by atoms with Gasteiger partial charge < -0.3 is 9.47 Å². The van der Waals surface area contributed by atoms with Gasteiger partial charge in [-0.25, -0.2) is 9.59 Å². The second-order valence-corrected chi connectivity index (χ2v) is 4.65. The van der Waals surface area contributed by atoms with Crippen LogP contribution in [0.25, 0.3) is 16.5 Å². The van der Waals surface area contributed by atoms with Gasteiger partial charge in [-0.15, -0.1) is 11.3 Å². The Morgan fingerprint density at radius 3 is 2.48 bits per heavy atom. The molecule has 0 atom stereocenters. The van der Waals surface area contributed by atoms with Crippen molar-refractivity contribution in [1.29, 1.82) is 0 Å². The zero-order valence-corrected chi connectivity index (χ0v) is 12.6. The predicted molar refractivity (Wildman–Crippen MR) is 78.4 cm³/mol. The van der Waals surface area contributed by atoms with Gasteiger partial charge in [0.15, 0.2) is 0 Å². The topological polar surface area (TPSA) is 101 Å². The molecular formula is C13H15N3O4S. The standard InChI is InChI=1S/C13H15N3O4S/c1-3-19-12(17)10(13(18)20-4-2)7-11-9(5-6-21-11)8-15-16-14/h5-7H,3-4,8H2,1-2H3. The minimum atomic E-state index is -0.737. The summed E-state index contributed by atoms with van der Waals surface area (Å²) >= 11 is 1.32. The van der Waals surface area contributed by atoms with Crippen LogP contribution in [0.15, 0.2) is 22.1 Å². The summed E-state index contributed by atoms with van der Waals surface area (Å²) in [5, 5.41) is 5.25. The molecule has 112 valence electrons. The third-order valence-corrected chi connectivity index (χ3v) is 3.26. The van der Waals surface area contributed by atoms with Gasteiger partial charge in [0.05, 0.1) is 19.8 Å². The summed E-state index contributed by atoms with van der Waals surface area (Å²) in [6.07, 6.45) is 1.41. The van der Waals surface area contributed by atoms with E-state index < -0.39 is 11.9 Å². The zero-order chi connectivity index (χ0) is 15.7. The van der Waals surface area contributed by atoms with Crippen LogP contribution in [0.3, 0.4) is 0 Å². The maximum Gasteiger partial charge on any atom is 0.345 e. The number of thiophene rings is 1. The average molecular weight is 309 g/mol. The lowest BCUT2D eigenvalue weighted by atomic mass is 10.2. The lowest BCUT2D eigenvalue weighted by Crippen LogP contribution is -2.18. The molecule has 0 fully saturated rings. The third-order valence-electron chi connectivity index (χ3n) is 2.35. The van der Waals surface area contributed by atoms with E-state index in [0.717, 1.165) is 5.56 Å². The Balaban J connectivity index is 3.12. The molecule has 0 amide bonds. The predicted octanol–water partition coefficient (Wildman–Crippen LogP) is 3.07. The molecule has 21 heavy (non-hydrogen) atoms. The van der Waals surface area contributed by atoms with Crippen molar-refractivity contribution in [3.8, 4) is 0 Å². The molecule has 0 N–H and O–H groups in total. The number of azide groups is 1. The Labute approximate surface area is 125 Å². The number of nitrogens with zero attached hydrogens (tertiary/aromatic N) is 3. The highest BCUT2D eigenvalue weighted by atomic mass is 32.1. The first-order chi connectivity index (χ1) is 10.1. The SMILES string of the molecule is CCOC(=O)C(=Cc1sccc1CN=[N+]=[N-])C(=O)OCC. The van der Waals surface area contributed by atoms with Gasteiger partial charge in [-0.2, -0.15) is 0 Å². The summed E-state index contributed by atoms with van der Waals surface area (Å²) in [4.78, 5) is 27.0. The minimum absolute atomic E-state index is 0.144. The number of ether oxygens (including phenoxy) is 2. The molecule has 1 rings (SSSR count). The molecule has 0 unspecified atom stereocenters. The maximum absolute atomic E-state index is 11.8. The van der Waals surface area contributed by atoms with Crippen LogP contribution in [-0.4, -0.2) is 25.2 Å². The molecule has 0 aliphatic carbocycles. The van der Waals surface area contributed by atoms with Gasteiger partial charge in [-0.1, -0.05) is 5.11 Å². The fourth-order valence-electron chi connectivity index (χ4n) is 1.46. The van der Waals surface area contributed by atoms with Crippen LogP contribution >= 0.6 is 11.3 Å².